The normalized spacial score (nSPS) is 14.4. The van der Waals surface area contributed by atoms with Crippen LogP contribution in [0.5, 0.6) is 0 Å². The van der Waals surface area contributed by atoms with Crippen molar-refractivity contribution >= 4 is 11.8 Å². The van der Waals surface area contributed by atoms with Crippen molar-refractivity contribution in [3.8, 4) is 0 Å². The van der Waals surface area contributed by atoms with E-state index in [4.69, 9.17) is 5.73 Å². The topological polar surface area (TPSA) is 43.8 Å². The van der Waals surface area contributed by atoms with Gasteiger partial charge in [-0.05, 0) is 37.6 Å². The van der Waals surface area contributed by atoms with Crippen molar-refractivity contribution in [2.45, 2.75) is 30.2 Å². The second-order valence-corrected chi connectivity index (χ2v) is 5.86. The lowest BCUT2D eigenvalue weighted by molar-refractivity contribution is 0.625. The van der Waals surface area contributed by atoms with Gasteiger partial charge in [0.2, 0.25) is 0 Å². The predicted molar refractivity (Wildman–Crippen MR) is 76.6 cm³/mol. The lowest BCUT2D eigenvalue weighted by Crippen LogP contribution is -2.22. The van der Waals surface area contributed by atoms with E-state index >= 15 is 0 Å². The average molecular weight is 279 g/mol. The number of nitrogens with two attached hydrogens (primary N) is 1. The molecule has 1 aromatic heterocycles. The van der Waals surface area contributed by atoms with Gasteiger partial charge in [0.25, 0.3) is 0 Å². The van der Waals surface area contributed by atoms with Gasteiger partial charge < -0.3 is 5.73 Å². The molecule has 1 aromatic carbocycles. The zero-order valence-corrected chi connectivity index (χ0v) is 12.1. The van der Waals surface area contributed by atoms with E-state index in [-0.39, 0.29) is 17.1 Å². The first-order valence-electron chi connectivity index (χ1n) is 6.15. The van der Waals surface area contributed by atoms with Crippen LogP contribution in [-0.2, 0) is 7.05 Å². The zero-order chi connectivity index (χ0) is 14.0. The van der Waals surface area contributed by atoms with Crippen LogP contribution in [0.15, 0.2) is 35.4 Å². The summed E-state index contributed by atoms with van der Waals surface area (Å²) in [5.74, 6) is -0.228. The van der Waals surface area contributed by atoms with Crippen LogP contribution in [0.1, 0.15) is 23.4 Å². The Morgan fingerprint density at radius 2 is 1.95 bits per heavy atom. The summed E-state index contributed by atoms with van der Waals surface area (Å²) in [6.07, 6.45) is 0. The Balaban J connectivity index is 2.26. The van der Waals surface area contributed by atoms with Gasteiger partial charge in [-0.15, -0.1) is 0 Å². The Hall–Kier alpha value is -1.33. The highest BCUT2D eigenvalue weighted by Gasteiger charge is 2.19. The summed E-state index contributed by atoms with van der Waals surface area (Å²) in [5.41, 5.74) is 8.07. The fourth-order valence-corrected chi connectivity index (χ4v) is 3.16. The van der Waals surface area contributed by atoms with Gasteiger partial charge in [-0.3, -0.25) is 4.68 Å². The van der Waals surface area contributed by atoms with E-state index in [0.29, 0.717) is 0 Å². The van der Waals surface area contributed by atoms with Gasteiger partial charge in [0.15, 0.2) is 0 Å². The molecule has 0 spiro atoms. The molecule has 102 valence electrons. The number of aromatic nitrogens is 2. The van der Waals surface area contributed by atoms with Gasteiger partial charge in [0.1, 0.15) is 5.82 Å². The molecule has 0 fully saturated rings. The van der Waals surface area contributed by atoms with Gasteiger partial charge in [-0.25, -0.2) is 4.39 Å². The standard InChI is InChI=1S/C14H18FN3S/c1-9-8-13(18(3)17-9)19-14(10(2)16)11-4-6-12(15)7-5-11/h4-8,10,14H,16H2,1-3H3. The van der Waals surface area contributed by atoms with Crippen molar-refractivity contribution in [2.24, 2.45) is 12.8 Å². The number of halogens is 1. The first-order valence-corrected chi connectivity index (χ1v) is 7.03. The van der Waals surface area contributed by atoms with E-state index in [1.807, 2.05) is 31.6 Å². The quantitative estimate of drug-likeness (QED) is 0.875. The highest BCUT2D eigenvalue weighted by molar-refractivity contribution is 7.99. The molecular weight excluding hydrogens is 261 g/mol. The minimum absolute atomic E-state index is 0.0364. The van der Waals surface area contributed by atoms with Gasteiger partial charge in [-0.2, -0.15) is 5.10 Å². The highest BCUT2D eigenvalue weighted by atomic mass is 32.2. The van der Waals surface area contributed by atoms with Crippen molar-refractivity contribution in [2.75, 3.05) is 0 Å². The van der Waals surface area contributed by atoms with E-state index in [1.165, 1.54) is 12.1 Å². The lowest BCUT2D eigenvalue weighted by atomic mass is 10.1. The van der Waals surface area contributed by atoms with Crippen LogP contribution in [0.4, 0.5) is 4.39 Å². The second-order valence-electron chi connectivity index (χ2n) is 4.70. The van der Waals surface area contributed by atoms with Gasteiger partial charge in [0, 0.05) is 13.1 Å². The Morgan fingerprint density at radius 3 is 2.42 bits per heavy atom. The fourth-order valence-electron chi connectivity index (χ4n) is 1.96. The van der Waals surface area contributed by atoms with Crippen LogP contribution in [0.3, 0.4) is 0 Å². The molecule has 0 saturated carbocycles. The molecule has 2 unspecified atom stereocenters. The molecule has 19 heavy (non-hydrogen) atoms. The van der Waals surface area contributed by atoms with Crippen molar-refractivity contribution in [3.63, 3.8) is 0 Å². The van der Waals surface area contributed by atoms with Crippen molar-refractivity contribution in [1.82, 2.24) is 9.78 Å². The Bertz CT molecular complexity index is 548. The number of rotatable bonds is 4. The Kier molecular flexibility index (Phi) is 4.27. The lowest BCUT2D eigenvalue weighted by Gasteiger charge is -2.20. The summed E-state index contributed by atoms with van der Waals surface area (Å²) < 4.78 is 14.8. The Morgan fingerprint density at radius 1 is 1.32 bits per heavy atom. The van der Waals surface area contributed by atoms with Gasteiger partial charge >= 0.3 is 0 Å². The number of nitrogens with zero attached hydrogens (tertiary/aromatic N) is 2. The Labute approximate surface area is 117 Å². The highest BCUT2D eigenvalue weighted by Crippen LogP contribution is 2.37. The third-order valence-electron chi connectivity index (χ3n) is 2.88. The van der Waals surface area contributed by atoms with Crippen LogP contribution >= 0.6 is 11.8 Å². The van der Waals surface area contributed by atoms with E-state index in [2.05, 4.69) is 5.10 Å². The van der Waals surface area contributed by atoms with E-state index < -0.39 is 0 Å². The molecule has 0 bridgehead atoms. The maximum Gasteiger partial charge on any atom is 0.123 e. The molecule has 0 aliphatic heterocycles. The minimum atomic E-state index is -0.228. The number of hydrogen-bond acceptors (Lipinski definition) is 3. The van der Waals surface area contributed by atoms with E-state index in [1.54, 1.807) is 23.9 Å². The molecule has 1 heterocycles. The molecular formula is C14H18FN3S. The molecule has 0 aliphatic carbocycles. The van der Waals surface area contributed by atoms with Crippen LogP contribution < -0.4 is 5.73 Å². The average Bonchev–Trinajstić information content (AvgIpc) is 2.66. The summed E-state index contributed by atoms with van der Waals surface area (Å²) in [6.45, 7) is 3.92. The molecule has 2 rings (SSSR count). The third kappa shape index (κ3) is 3.36. The van der Waals surface area contributed by atoms with Crippen molar-refractivity contribution in [3.05, 3.63) is 47.4 Å². The van der Waals surface area contributed by atoms with Gasteiger partial charge in [-0.1, -0.05) is 23.9 Å². The molecule has 5 heteroatoms. The summed E-state index contributed by atoms with van der Waals surface area (Å²) in [5, 5.41) is 5.46. The third-order valence-corrected chi connectivity index (χ3v) is 4.46. The minimum Gasteiger partial charge on any atom is -0.327 e. The number of thioether (sulfide) groups is 1. The van der Waals surface area contributed by atoms with Gasteiger partial charge in [0.05, 0.1) is 16.0 Å². The van der Waals surface area contributed by atoms with E-state index in [0.717, 1.165) is 16.3 Å². The first-order chi connectivity index (χ1) is 8.97. The SMILES string of the molecule is Cc1cc(SC(c2ccc(F)cc2)C(C)N)n(C)n1. The number of benzene rings is 1. The first kappa shape index (κ1) is 14.1. The molecule has 3 nitrogen and oxygen atoms in total. The predicted octanol–water partition coefficient (Wildman–Crippen LogP) is 3.05. The summed E-state index contributed by atoms with van der Waals surface area (Å²) >= 11 is 1.66. The molecule has 2 aromatic rings. The molecule has 0 amide bonds. The van der Waals surface area contributed by atoms with Crippen molar-refractivity contribution in [1.29, 1.82) is 0 Å². The fraction of sp³-hybridized carbons (Fsp3) is 0.357. The summed E-state index contributed by atoms with van der Waals surface area (Å²) in [4.78, 5) is 0. The van der Waals surface area contributed by atoms with Crippen molar-refractivity contribution < 1.29 is 4.39 Å². The maximum atomic E-state index is 13.0. The van der Waals surface area contributed by atoms with E-state index in [9.17, 15) is 4.39 Å². The number of hydrogen-bond donors (Lipinski definition) is 1. The molecule has 2 N–H and O–H groups in total. The van der Waals surface area contributed by atoms with Crippen LogP contribution in [0, 0.1) is 12.7 Å². The summed E-state index contributed by atoms with van der Waals surface area (Å²) in [7, 11) is 1.91. The second kappa shape index (κ2) is 5.75. The van der Waals surface area contributed by atoms with Crippen LogP contribution in [0.2, 0.25) is 0 Å². The smallest absolute Gasteiger partial charge is 0.123 e. The van der Waals surface area contributed by atoms with Crippen LogP contribution in [0.25, 0.3) is 0 Å². The van der Waals surface area contributed by atoms with Crippen LogP contribution in [-0.4, -0.2) is 15.8 Å². The molecule has 2 atom stereocenters. The molecule has 0 aliphatic rings. The monoisotopic (exact) mass is 279 g/mol. The molecule has 0 saturated heterocycles. The zero-order valence-electron chi connectivity index (χ0n) is 11.3. The molecule has 0 radical (unpaired) electrons. The largest absolute Gasteiger partial charge is 0.327 e. The summed E-state index contributed by atoms with van der Waals surface area (Å²) in [6, 6.07) is 8.52. The maximum absolute atomic E-state index is 13.0. The number of aryl methyl sites for hydroxylation is 2.